The molecule has 398 valence electrons. The van der Waals surface area contributed by atoms with Crippen LogP contribution in [0.3, 0.4) is 0 Å². The standard InChI is InChI=1S/C60H122O6/c1-4-7-10-13-16-19-22-25-28-31-34-37-40-43-46-49-52-60(59(65)58(64)57(63)56(62)55-61,53-50-47-44-41-38-35-32-29-26-23-20-17-14-11-8-5-2)66-54-51-48-45-42-39-36-33-30-27-24-21-18-15-12-9-6-3/h56-59,61-65H,4-55H2,1-3H3/t56-,57-,58+,59-/m1/s1. The quantitative estimate of drug-likeness (QED) is 0.0389. The average molecular weight is 940 g/mol. The predicted molar refractivity (Wildman–Crippen MR) is 288 cm³/mol. The van der Waals surface area contributed by atoms with Gasteiger partial charge in [-0.1, -0.05) is 323 Å². The van der Waals surface area contributed by atoms with Crippen LogP contribution in [0.15, 0.2) is 0 Å². The lowest BCUT2D eigenvalue weighted by molar-refractivity contribution is -0.198. The molecular formula is C60H122O6. The molecular weight excluding hydrogens is 817 g/mol. The molecule has 0 aliphatic heterocycles. The van der Waals surface area contributed by atoms with Gasteiger partial charge in [-0.2, -0.15) is 0 Å². The fraction of sp³-hybridized carbons (Fsp3) is 1.00. The molecule has 0 unspecified atom stereocenters. The Balaban J connectivity index is 5.00. The van der Waals surface area contributed by atoms with Crippen molar-refractivity contribution in [2.75, 3.05) is 13.2 Å². The third-order valence-corrected chi connectivity index (χ3v) is 15.1. The molecule has 6 heteroatoms. The Morgan fingerprint density at radius 1 is 0.288 bits per heavy atom. The van der Waals surface area contributed by atoms with Gasteiger partial charge in [0.2, 0.25) is 0 Å². The number of hydrogen-bond donors (Lipinski definition) is 5. The van der Waals surface area contributed by atoms with Crippen molar-refractivity contribution in [2.24, 2.45) is 0 Å². The van der Waals surface area contributed by atoms with Crippen LogP contribution in [0.5, 0.6) is 0 Å². The van der Waals surface area contributed by atoms with Crippen LogP contribution in [0.2, 0.25) is 0 Å². The Morgan fingerprint density at radius 2 is 0.500 bits per heavy atom. The predicted octanol–water partition coefficient (Wildman–Crippen LogP) is 17.7. The molecule has 0 aliphatic carbocycles. The van der Waals surface area contributed by atoms with Crippen molar-refractivity contribution < 1.29 is 30.3 Å². The fourth-order valence-electron chi connectivity index (χ4n) is 10.4. The first-order valence-corrected chi connectivity index (χ1v) is 30.4. The summed E-state index contributed by atoms with van der Waals surface area (Å²) in [5, 5.41) is 53.8. The van der Waals surface area contributed by atoms with Gasteiger partial charge in [-0.25, -0.2) is 0 Å². The van der Waals surface area contributed by atoms with Gasteiger partial charge in [0.15, 0.2) is 0 Å². The van der Waals surface area contributed by atoms with E-state index < -0.39 is 36.6 Å². The minimum absolute atomic E-state index is 0.526. The Labute approximate surface area is 413 Å². The van der Waals surface area contributed by atoms with Crippen LogP contribution < -0.4 is 0 Å². The number of hydrogen-bond acceptors (Lipinski definition) is 6. The number of aliphatic hydroxyl groups is 5. The second kappa shape index (κ2) is 52.6. The highest BCUT2D eigenvalue weighted by molar-refractivity contribution is 4.96. The maximum absolute atomic E-state index is 11.9. The van der Waals surface area contributed by atoms with Crippen LogP contribution in [0.1, 0.15) is 342 Å². The van der Waals surface area contributed by atoms with Gasteiger partial charge >= 0.3 is 0 Å². The molecule has 0 amide bonds. The summed E-state index contributed by atoms with van der Waals surface area (Å²) in [6.45, 7) is 6.71. The maximum atomic E-state index is 11.9. The first kappa shape index (κ1) is 65.8. The number of unbranched alkanes of at least 4 members (excludes halogenated alkanes) is 45. The summed E-state index contributed by atoms with van der Waals surface area (Å²) in [7, 11) is 0. The van der Waals surface area contributed by atoms with Gasteiger partial charge in [-0.05, 0) is 19.3 Å². The monoisotopic (exact) mass is 939 g/mol. The third-order valence-electron chi connectivity index (χ3n) is 15.1. The van der Waals surface area contributed by atoms with Crippen molar-refractivity contribution in [3.63, 3.8) is 0 Å². The molecule has 0 fully saturated rings. The first-order chi connectivity index (χ1) is 32.4. The van der Waals surface area contributed by atoms with Crippen LogP contribution in [0, 0.1) is 0 Å². The van der Waals surface area contributed by atoms with Gasteiger partial charge in [-0.3, -0.25) is 0 Å². The minimum Gasteiger partial charge on any atom is -0.394 e. The summed E-state index contributed by atoms with van der Waals surface area (Å²) in [6.07, 6.45) is 57.7. The van der Waals surface area contributed by atoms with Gasteiger partial charge in [0.1, 0.15) is 24.4 Å². The molecule has 0 spiro atoms. The van der Waals surface area contributed by atoms with E-state index in [2.05, 4.69) is 20.8 Å². The minimum atomic E-state index is -1.64. The van der Waals surface area contributed by atoms with Crippen molar-refractivity contribution in [2.45, 2.75) is 372 Å². The van der Waals surface area contributed by atoms with E-state index in [9.17, 15) is 25.5 Å². The zero-order valence-electron chi connectivity index (χ0n) is 45.2. The highest BCUT2D eigenvalue weighted by Gasteiger charge is 2.45. The number of aliphatic hydroxyl groups excluding tert-OH is 5. The topological polar surface area (TPSA) is 110 Å². The molecule has 66 heavy (non-hydrogen) atoms. The summed E-state index contributed by atoms with van der Waals surface area (Å²) in [5.41, 5.74) is -0.989. The Bertz CT molecular complexity index is 864. The number of ether oxygens (including phenoxy) is 1. The van der Waals surface area contributed by atoms with Gasteiger partial charge in [0.25, 0.3) is 0 Å². The van der Waals surface area contributed by atoms with E-state index in [1.807, 2.05) is 0 Å². The summed E-state index contributed by atoms with van der Waals surface area (Å²) in [4.78, 5) is 0. The number of rotatable bonds is 57. The normalized spacial score (nSPS) is 14.0. The van der Waals surface area contributed by atoms with E-state index in [0.717, 1.165) is 51.4 Å². The van der Waals surface area contributed by atoms with Crippen LogP contribution >= 0.6 is 0 Å². The molecule has 0 radical (unpaired) electrons. The second-order valence-corrected chi connectivity index (χ2v) is 21.5. The fourth-order valence-corrected chi connectivity index (χ4v) is 10.4. The molecule has 0 aliphatic rings. The van der Waals surface area contributed by atoms with Gasteiger partial charge < -0.3 is 30.3 Å². The van der Waals surface area contributed by atoms with Crippen LogP contribution in [-0.4, -0.2) is 68.8 Å². The summed E-state index contributed by atoms with van der Waals surface area (Å²) in [6, 6.07) is 0. The molecule has 0 aromatic rings. The molecule has 6 nitrogen and oxygen atoms in total. The van der Waals surface area contributed by atoms with Gasteiger partial charge in [-0.15, -0.1) is 0 Å². The highest BCUT2D eigenvalue weighted by atomic mass is 16.5. The molecule has 4 atom stereocenters. The van der Waals surface area contributed by atoms with E-state index in [-0.39, 0.29) is 0 Å². The molecule has 0 aromatic carbocycles. The molecule has 0 heterocycles. The van der Waals surface area contributed by atoms with E-state index in [0.29, 0.717) is 19.4 Å². The van der Waals surface area contributed by atoms with Crippen molar-refractivity contribution in [3.8, 4) is 0 Å². The average Bonchev–Trinajstić information content (AvgIpc) is 3.33. The zero-order valence-corrected chi connectivity index (χ0v) is 45.2. The Morgan fingerprint density at radius 3 is 0.727 bits per heavy atom. The Hall–Kier alpha value is -0.240. The molecule has 0 bridgehead atoms. The van der Waals surface area contributed by atoms with Gasteiger partial charge in [0, 0.05) is 6.61 Å². The lowest BCUT2D eigenvalue weighted by Gasteiger charge is -2.42. The highest BCUT2D eigenvalue weighted by Crippen LogP contribution is 2.34. The molecule has 0 saturated heterocycles. The summed E-state index contributed by atoms with van der Waals surface area (Å²) >= 11 is 0. The second-order valence-electron chi connectivity index (χ2n) is 21.5. The van der Waals surface area contributed by atoms with Crippen molar-refractivity contribution in [3.05, 3.63) is 0 Å². The van der Waals surface area contributed by atoms with Crippen molar-refractivity contribution >= 4 is 0 Å². The molecule has 0 saturated carbocycles. The first-order valence-electron chi connectivity index (χ1n) is 30.4. The van der Waals surface area contributed by atoms with E-state index in [4.69, 9.17) is 4.74 Å². The van der Waals surface area contributed by atoms with E-state index in [1.165, 1.54) is 257 Å². The SMILES string of the molecule is CCCCCCCCCCCCCCCCCCOC(CCCCCCCCCCCCCCCCCC)(CCCCCCCCCCCCCCCCCC)[C@H](O)[C@@H](O)[C@H](O)[C@H](O)CO. The maximum Gasteiger partial charge on any atom is 0.111 e. The lowest BCUT2D eigenvalue weighted by Crippen LogP contribution is -2.57. The molecule has 0 aromatic heterocycles. The smallest absolute Gasteiger partial charge is 0.111 e. The van der Waals surface area contributed by atoms with Gasteiger partial charge in [0.05, 0.1) is 12.2 Å². The Kier molecular flexibility index (Phi) is 52.4. The van der Waals surface area contributed by atoms with Crippen LogP contribution in [-0.2, 0) is 4.74 Å². The molecule has 5 N–H and O–H groups in total. The van der Waals surface area contributed by atoms with Crippen LogP contribution in [0.25, 0.3) is 0 Å². The summed E-state index contributed by atoms with van der Waals surface area (Å²) < 4.78 is 6.78. The van der Waals surface area contributed by atoms with Crippen molar-refractivity contribution in [1.82, 2.24) is 0 Å². The van der Waals surface area contributed by atoms with Crippen LogP contribution in [0.4, 0.5) is 0 Å². The lowest BCUT2D eigenvalue weighted by atomic mass is 9.80. The third kappa shape index (κ3) is 41.5. The zero-order chi connectivity index (χ0) is 48.3. The van der Waals surface area contributed by atoms with Crippen molar-refractivity contribution in [1.29, 1.82) is 0 Å². The molecule has 0 rings (SSSR count). The summed E-state index contributed by atoms with van der Waals surface area (Å²) in [5.74, 6) is 0. The van der Waals surface area contributed by atoms with E-state index >= 15 is 0 Å². The van der Waals surface area contributed by atoms with E-state index in [1.54, 1.807) is 0 Å². The largest absolute Gasteiger partial charge is 0.394 e.